The van der Waals surface area contributed by atoms with Crippen molar-refractivity contribution >= 4 is 33.5 Å². The van der Waals surface area contributed by atoms with Crippen LogP contribution in [0.5, 0.6) is 17.2 Å². The molecule has 9 nitrogen and oxygen atoms in total. The van der Waals surface area contributed by atoms with Crippen LogP contribution in [0.15, 0.2) is 103 Å². The van der Waals surface area contributed by atoms with Crippen LogP contribution in [-0.2, 0) is 21.0 Å². The Hall–Kier alpha value is -3.82. The Morgan fingerprint density at radius 3 is 2.02 bits per heavy atom. The molecular formula is C31H35N2O7PS. The molecule has 0 saturated heterocycles. The molecule has 0 saturated carbocycles. The second-order valence-electron chi connectivity index (χ2n) is 9.80. The maximum atomic E-state index is 14.1. The lowest BCUT2D eigenvalue weighted by molar-refractivity contribution is 0.106. The SMILES string of the molecule is CS(=O)(=O)Nc1cc(OC[C@@H](O)CNCCc2ccc(OCP(=O)(c3ccccc3)c3ccccc3)cc2)ccc1O. The van der Waals surface area contributed by atoms with Crippen LogP contribution in [0.3, 0.4) is 0 Å². The zero-order valence-electron chi connectivity index (χ0n) is 23.2. The van der Waals surface area contributed by atoms with Gasteiger partial charge in [0, 0.05) is 23.2 Å². The average molecular weight is 611 g/mol. The van der Waals surface area contributed by atoms with E-state index < -0.39 is 23.3 Å². The molecule has 0 aromatic heterocycles. The van der Waals surface area contributed by atoms with E-state index in [2.05, 4.69) is 10.0 Å². The van der Waals surface area contributed by atoms with Gasteiger partial charge in [-0.3, -0.25) is 4.72 Å². The van der Waals surface area contributed by atoms with Crippen LogP contribution in [0.4, 0.5) is 5.69 Å². The van der Waals surface area contributed by atoms with Crippen molar-refractivity contribution in [3.05, 3.63) is 109 Å². The molecule has 0 amide bonds. The summed E-state index contributed by atoms with van der Waals surface area (Å²) in [5, 5.41) is 24.8. The first kappa shape index (κ1) is 31.1. The Morgan fingerprint density at radius 1 is 0.833 bits per heavy atom. The maximum Gasteiger partial charge on any atom is 0.229 e. The summed E-state index contributed by atoms with van der Waals surface area (Å²) in [6.45, 7) is 0.899. The summed E-state index contributed by atoms with van der Waals surface area (Å²) in [4.78, 5) is 0. The van der Waals surface area contributed by atoms with E-state index in [4.69, 9.17) is 9.47 Å². The summed E-state index contributed by atoms with van der Waals surface area (Å²) in [6, 6.07) is 30.6. The van der Waals surface area contributed by atoms with Crippen LogP contribution < -0.4 is 30.1 Å². The third-order valence-electron chi connectivity index (χ3n) is 6.36. The van der Waals surface area contributed by atoms with Gasteiger partial charge in [0.2, 0.25) is 10.0 Å². The van der Waals surface area contributed by atoms with Gasteiger partial charge in [0.1, 0.15) is 36.3 Å². The minimum absolute atomic E-state index is 0.000402. The van der Waals surface area contributed by atoms with Gasteiger partial charge in [0.05, 0.1) is 11.9 Å². The first-order valence-electron chi connectivity index (χ1n) is 13.4. The van der Waals surface area contributed by atoms with Crippen molar-refractivity contribution in [1.82, 2.24) is 5.32 Å². The molecular weight excluding hydrogens is 575 g/mol. The fourth-order valence-electron chi connectivity index (χ4n) is 4.19. The predicted octanol–water partition coefficient (Wildman–Crippen LogP) is 3.69. The Balaban J connectivity index is 1.22. The molecule has 0 bridgehead atoms. The molecule has 4 rings (SSSR count). The van der Waals surface area contributed by atoms with Gasteiger partial charge in [-0.05, 0) is 42.8 Å². The molecule has 0 heterocycles. The van der Waals surface area contributed by atoms with Crippen molar-refractivity contribution in [3.8, 4) is 17.2 Å². The van der Waals surface area contributed by atoms with Crippen LogP contribution in [0.25, 0.3) is 0 Å². The number of hydrogen-bond donors (Lipinski definition) is 4. The summed E-state index contributed by atoms with van der Waals surface area (Å²) in [7, 11) is -6.54. The van der Waals surface area contributed by atoms with Gasteiger partial charge in [-0.25, -0.2) is 8.42 Å². The lowest BCUT2D eigenvalue weighted by Crippen LogP contribution is -2.32. The highest BCUT2D eigenvalue weighted by Gasteiger charge is 2.28. The number of hydrogen-bond acceptors (Lipinski definition) is 8. The fraction of sp³-hybridized carbons (Fsp3) is 0.226. The Bertz CT molecular complexity index is 1540. The van der Waals surface area contributed by atoms with Crippen molar-refractivity contribution in [2.75, 3.05) is 37.0 Å². The molecule has 222 valence electrons. The van der Waals surface area contributed by atoms with E-state index in [1.165, 1.54) is 18.2 Å². The molecule has 0 fully saturated rings. The van der Waals surface area contributed by atoms with Crippen LogP contribution in [0.1, 0.15) is 5.56 Å². The first-order chi connectivity index (χ1) is 20.1. The Labute approximate surface area is 246 Å². The zero-order valence-corrected chi connectivity index (χ0v) is 24.9. The molecule has 0 aliphatic heterocycles. The minimum Gasteiger partial charge on any atom is -0.506 e. The van der Waals surface area contributed by atoms with Crippen molar-refractivity contribution in [2.24, 2.45) is 0 Å². The molecule has 42 heavy (non-hydrogen) atoms. The largest absolute Gasteiger partial charge is 0.506 e. The predicted molar refractivity (Wildman–Crippen MR) is 166 cm³/mol. The number of benzene rings is 4. The molecule has 0 spiro atoms. The van der Waals surface area contributed by atoms with Gasteiger partial charge >= 0.3 is 0 Å². The number of aliphatic hydroxyl groups excluding tert-OH is 1. The zero-order chi connectivity index (χ0) is 30.0. The third-order valence-corrected chi connectivity index (χ3v) is 9.71. The lowest BCUT2D eigenvalue weighted by Gasteiger charge is -2.20. The molecule has 4 aromatic rings. The van der Waals surface area contributed by atoms with E-state index in [1.807, 2.05) is 84.9 Å². The molecule has 0 radical (unpaired) electrons. The number of aliphatic hydroxyl groups is 1. The highest BCUT2D eigenvalue weighted by atomic mass is 32.2. The van der Waals surface area contributed by atoms with Gasteiger partial charge in [-0.15, -0.1) is 0 Å². The molecule has 1 atom stereocenters. The van der Waals surface area contributed by atoms with E-state index in [9.17, 15) is 23.2 Å². The number of rotatable bonds is 15. The lowest BCUT2D eigenvalue weighted by atomic mass is 10.1. The van der Waals surface area contributed by atoms with Crippen molar-refractivity contribution in [2.45, 2.75) is 12.5 Å². The number of anilines is 1. The molecule has 0 aliphatic carbocycles. The molecule has 4 aromatic carbocycles. The number of phenolic OH excluding ortho intramolecular Hbond substituents is 1. The van der Waals surface area contributed by atoms with Gasteiger partial charge < -0.3 is 29.6 Å². The normalized spacial score (nSPS) is 12.4. The standard InChI is InChI=1S/C31H35N2O7PS/c1-42(37,38)33-30-20-27(16-17-31(30)35)39-22-25(34)21-32-19-18-24-12-14-26(15-13-24)40-23-41(36,28-8-4-2-5-9-28)29-10-6-3-7-11-29/h2-17,20,25,32-35H,18-19,21-23H2,1H3/t25-/m0/s1. The second kappa shape index (κ2) is 14.4. The maximum absolute atomic E-state index is 14.1. The van der Waals surface area contributed by atoms with Gasteiger partial charge in [0.25, 0.3) is 0 Å². The first-order valence-corrected chi connectivity index (χ1v) is 17.2. The Kier molecular flexibility index (Phi) is 10.7. The second-order valence-corrected chi connectivity index (χ2v) is 14.3. The topological polar surface area (TPSA) is 134 Å². The summed E-state index contributed by atoms with van der Waals surface area (Å²) < 4.78 is 50.7. The van der Waals surface area contributed by atoms with E-state index in [0.717, 1.165) is 28.8 Å². The van der Waals surface area contributed by atoms with Crippen LogP contribution >= 0.6 is 7.14 Å². The summed E-state index contributed by atoms with van der Waals surface area (Å²) in [6.07, 6.45) is 0.960. The third kappa shape index (κ3) is 9.09. The number of phenols is 1. The highest BCUT2D eigenvalue weighted by molar-refractivity contribution is 7.92. The van der Waals surface area contributed by atoms with Gasteiger partial charge in [-0.1, -0.05) is 72.8 Å². The van der Waals surface area contributed by atoms with Gasteiger partial charge in [0.15, 0.2) is 7.14 Å². The number of ether oxygens (including phenoxy) is 2. The number of sulfonamides is 1. The number of nitrogens with one attached hydrogen (secondary N) is 2. The minimum atomic E-state index is -3.56. The summed E-state index contributed by atoms with van der Waals surface area (Å²) in [5.74, 6) is 0.716. The van der Waals surface area contributed by atoms with Crippen LogP contribution in [-0.4, -0.2) is 57.0 Å². The van der Waals surface area contributed by atoms with Crippen molar-refractivity contribution in [3.63, 3.8) is 0 Å². The molecule has 0 unspecified atom stereocenters. The average Bonchev–Trinajstić information content (AvgIpc) is 2.99. The Morgan fingerprint density at radius 2 is 1.43 bits per heavy atom. The summed E-state index contributed by atoms with van der Waals surface area (Å²) >= 11 is 0. The molecule has 11 heteroatoms. The summed E-state index contributed by atoms with van der Waals surface area (Å²) in [5.41, 5.74) is 1.07. The van der Waals surface area contributed by atoms with Gasteiger partial charge in [-0.2, -0.15) is 0 Å². The van der Waals surface area contributed by atoms with E-state index in [1.54, 1.807) is 0 Å². The van der Waals surface area contributed by atoms with E-state index in [-0.39, 0.29) is 24.4 Å². The monoisotopic (exact) mass is 610 g/mol. The van der Waals surface area contributed by atoms with E-state index >= 15 is 0 Å². The van der Waals surface area contributed by atoms with Crippen molar-refractivity contribution in [1.29, 1.82) is 0 Å². The van der Waals surface area contributed by atoms with Crippen molar-refractivity contribution < 1.29 is 32.7 Å². The number of aromatic hydroxyl groups is 1. The van der Waals surface area contributed by atoms with E-state index in [0.29, 0.717) is 24.6 Å². The van der Waals surface area contributed by atoms with Crippen LogP contribution in [0, 0.1) is 0 Å². The fourth-order valence-corrected chi connectivity index (χ4v) is 6.99. The van der Waals surface area contributed by atoms with Crippen LogP contribution in [0.2, 0.25) is 0 Å². The molecule has 4 N–H and O–H groups in total. The quantitative estimate of drug-likeness (QED) is 0.0910. The smallest absolute Gasteiger partial charge is 0.229 e. The highest BCUT2D eigenvalue weighted by Crippen LogP contribution is 2.43. The molecule has 0 aliphatic rings.